The van der Waals surface area contributed by atoms with Crippen LogP contribution in [0.2, 0.25) is 0 Å². The number of imidazole rings is 1. The predicted molar refractivity (Wildman–Crippen MR) is 110 cm³/mol. The lowest BCUT2D eigenvalue weighted by Crippen LogP contribution is -2.24. The van der Waals surface area contributed by atoms with E-state index in [1.54, 1.807) is 19.6 Å². The van der Waals surface area contributed by atoms with Gasteiger partial charge in [-0.25, -0.2) is 15.0 Å². The minimum Gasteiger partial charge on any atom is -0.480 e. The van der Waals surface area contributed by atoms with Crippen molar-refractivity contribution >= 4 is 16.9 Å². The number of carbonyl (C=O) groups is 1. The van der Waals surface area contributed by atoms with Crippen LogP contribution in [-0.4, -0.2) is 32.5 Å². The van der Waals surface area contributed by atoms with Crippen LogP contribution in [-0.2, 0) is 17.8 Å². The van der Waals surface area contributed by atoms with Gasteiger partial charge in [0.2, 0.25) is 11.8 Å². The van der Waals surface area contributed by atoms with E-state index < -0.39 is 0 Å². The molecule has 2 aromatic carbocycles. The minimum absolute atomic E-state index is 0.0533. The second-order valence-electron chi connectivity index (χ2n) is 6.54. The Labute approximate surface area is 168 Å². The van der Waals surface area contributed by atoms with Crippen molar-refractivity contribution in [2.75, 3.05) is 7.11 Å². The van der Waals surface area contributed by atoms with Crippen LogP contribution in [0.4, 0.5) is 0 Å². The lowest BCUT2D eigenvalue weighted by atomic mass is 10.1. The number of hydrogen-bond acceptors (Lipinski definition) is 5. The molecule has 146 valence electrons. The number of ether oxygens (including phenoxy) is 1. The summed E-state index contributed by atoms with van der Waals surface area (Å²) < 4.78 is 7.29. The molecule has 0 fully saturated rings. The summed E-state index contributed by atoms with van der Waals surface area (Å²) in [4.78, 5) is 25.6. The molecular formula is C22H21N5O2. The third kappa shape index (κ3) is 4.24. The van der Waals surface area contributed by atoms with E-state index >= 15 is 0 Å². The highest BCUT2D eigenvalue weighted by Crippen LogP contribution is 2.20. The van der Waals surface area contributed by atoms with E-state index in [2.05, 4.69) is 20.3 Å². The lowest BCUT2D eigenvalue weighted by molar-refractivity contribution is -0.121. The number of methoxy groups -OCH3 is 1. The maximum atomic E-state index is 12.4. The molecule has 0 aliphatic carbocycles. The van der Waals surface area contributed by atoms with E-state index in [4.69, 9.17) is 4.74 Å². The molecule has 0 saturated heterocycles. The summed E-state index contributed by atoms with van der Waals surface area (Å²) in [6.45, 7) is 0.438. The zero-order valence-electron chi connectivity index (χ0n) is 16.1. The van der Waals surface area contributed by atoms with Crippen LogP contribution in [0.5, 0.6) is 5.88 Å². The zero-order chi connectivity index (χ0) is 20.1. The van der Waals surface area contributed by atoms with Gasteiger partial charge in [-0.15, -0.1) is 0 Å². The van der Waals surface area contributed by atoms with Gasteiger partial charge in [-0.05, 0) is 23.8 Å². The molecule has 2 aromatic heterocycles. The first-order valence-corrected chi connectivity index (χ1v) is 9.37. The summed E-state index contributed by atoms with van der Waals surface area (Å²) in [6, 6.07) is 15.5. The number of para-hydroxylation sites is 3. The van der Waals surface area contributed by atoms with Gasteiger partial charge < -0.3 is 14.6 Å². The largest absolute Gasteiger partial charge is 0.480 e. The molecule has 0 unspecified atom stereocenters. The molecule has 2 heterocycles. The number of aromatic nitrogens is 4. The van der Waals surface area contributed by atoms with Gasteiger partial charge >= 0.3 is 0 Å². The standard InChI is InChI=1S/C22H21N5O2/c1-29-22-19(25-17-7-3-4-8-18(17)26-22)10-11-21(28)24-14-16-6-2-5-9-20(16)27-13-12-23-15-27/h2-9,12-13,15H,10-11,14H2,1H3,(H,24,28). The maximum absolute atomic E-state index is 12.4. The summed E-state index contributed by atoms with van der Waals surface area (Å²) in [5.74, 6) is 0.407. The number of amides is 1. The number of aryl methyl sites for hydroxylation is 1. The number of nitrogens with one attached hydrogen (secondary N) is 1. The second-order valence-corrected chi connectivity index (χ2v) is 6.54. The van der Waals surface area contributed by atoms with Gasteiger partial charge in [-0.1, -0.05) is 30.3 Å². The number of carbonyl (C=O) groups excluding carboxylic acids is 1. The van der Waals surface area contributed by atoms with Crippen LogP contribution >= 0.6 is 0 Å². The zero-order valence-corrected chi connectivity index (χ0v) is 16.1. The Balaban J connectivity index is 1.41. The van der Waals surface area contributed by atoms with Crippen molar-refractivity contribution in [2.24, 2.45) is 0 Å². The maximum Gasteiger partial charge on any atom is 0.235 e. The summed E-state index contributed by atoms with van der Waals surface area (Å²) in [7, 11) is 1.56. The normalized spacial score (nSPS) is 10.8. The second kappa shape index (κ2) is 8.52. The summed E-state index contributed by atoms with van der Waals surface area (Å²) in [5.41, 5.74) is 4.25. The van der Waals surface area contributed by atoms with Crippen molar-refractivity contribution in [3.63, 3.8) is 0 Å². The lowest BCUT2D eigenvalue weighted by Gasteiger charge is -2.12. The first-order valence-electron chi connectivity index (χ1n) is 9.37. The van der Waals surface area contributed by atoms with Crippen LogP contribution in [0, 0.1) is 0 Å². The number of rotatable bonds is 7. The van der Waals surface area contributed by atoms with Crippen LogP contribution in [0.3, 0.4) is 0 Å². The Morgan fingerprint density at radius 2 is 1.83 bits per heavy atom. The van der Waals surface area contributed by atoms with Crippen LogP contribution < -0.4 is 10.1 Å². The van der Waals surface area contributed by atoms with Crippen molar-refractivity contribution in [1.29, 1.82) is 0 Å². The Morgan fingerprint density at radius 3 is 2.59 bits per heavy atom. The molecular weight excluding hydrogens is 366 g/mol. The quantitative estimate of drug-likeness (QED) is 0.527. The van der Waals surface area contributed by atoms with Gasteiger partial charge in [0.25, 0.3) is 0 Å². The van der Waals surface area contributed by atoms with Crippen molar-refractivity contribution in [1.82, 2.24) is 24.8 Å². The van der Waals surface area contributed by atoms with E-state index in [9.17, 15) is 4.79 Å². The van der Waals surface area contributed by atoms with E-state index in [0.717, 1.165) is 22.3 Å². The topological polar surface area (TPSA) is 81.9 Å². The average molecular weight is 387 g/mol. The smallest absolute Gasteiger partial charge is 0.235 e. The first kappa shape index (κ1) is 18.6. The Kier molecular flexibility index (Phi) is 5.47. The third-order valence-corrected chi connectivity index (χ3v) is 4.64. The van der Waals surface area contributed by atoms with Crippen molar-refractivity contribution in [3.8, 4) is 11.6 Å². The molecule has 0 bridgehead atoms. The van der Waals surface area contributed by atoms with E-state index in [-0.39, 0.29) is 5.91 Å². The number of nitrogens with zero attached hydrogens (tertiary/aromatic N) is 4. The molecule has 0 atom stereocenters. The molecule has 7 nitrogen and oxygen atoms in total. The third-order valence-electron chi connectivity index (χ3n) is 4.64. The van der Waals surface area contributed by atoms with Gasteiger partial charge in [0.1, 0.15) is 5.69 Å². The van der Waals surface area contributed by atoms with Crippen LogP contribution in [0.25, 0.3) is 16.7 Å². The Morgan fingerprint density at radius 1 is 1.07 bits per heavy atom. The number of fused-ring (bicyclic) bond motifs is 1. The van der Waals surface area contributed by atoms with Gasteiger partial charge in [-0.2, -0.15) is 0 Å². The fraction of sp³-hybridized carbons (Fsp3) is 0.182. The fourth-order valence-electron chi connectivity index (χ4n) is 3.17. The molecule has 4 aromatic rings. The van der Waals surface area contributed by atoms with Crippen LogP contribution in [0.1, 0.15) is 17.7 Å². The summed E-state index contributed by atoms with van der Waals surface area (Å²) in [5, 5.41) is 2.98. The summed E-state index contributed by atoms with van der Waals surface area (Å²) >= 11 is 0. The molecule has 0 aliphatic rings. The first-order chi connectivity index (χ1) is 14.2. The average Bonchev–Trinajstić information content (AvgIpc) is 3.30. The molecule has 1 N–H and O–H groups in total. The van der Waals surface area contributed by atoms with Crippen LogP contribution in [0.15, 0.2) is 67.3 Å². The molecule has 4 rings (SSSR count). The van der Waals surface area contributed by atoms with E-state index in [1.807, 2.05) is 59.3 Å². The molecule has 0 radical (unpaired) electrons. The Bertz CT molecular complexity index is 1130. The highest BCUT2D eigenvalue weighted by Gasteiger charge is 2.12. The van der Waals surface area contributed by atoms with Gasteiger partial charge in [0.05, 0.1) is 30.2 Å². The molecule has 1 amide bonds. The van der Waals surface area contributed by atoms with Gasteiger partial charge in [-0.3, -0.25) is 4.79 Å². The number of hydrogen-bond donors (Lipinski definition) is 1. The highest BCUT2D eigenvalue weighted by atomic mass is 16.5. The SMILES string of the molecule is COc1nc2ccccc2nc1CCC(=O)NCc1ccccc1-n1ccnc1. The van der Waals surface area contributed by atoms with E-state index in [1.165, 1.54) is 0 Å². The summed E-state index contributed by atoms with van der Waals surface area (Å²) in [6.07, 6.45) is 6.11. The monoisotopic (exact) mass is 387 g/mol. The fourth-order valence-corrected chi connectivity index (χ4v) is 3.17. The predicted octanol–water partition coefficient (Wildman–Crippen LogP) is 3.07. The molecule has 0 saturated carbocycles. The number of benzene rings is 2. The highest BCUT2D eigenvalue weighted by molar-refractivity contribution is 5.77. The molecule has 29 heavy (non-hydrogen) atoms. The molecule has 0 aliphatic heterocycles. The van der Waals surface area contributed by atoms with Crippen molar-refractivity contribution in [2.45, 2.75) is 19.4 Å². The Hall–Kier alpha value is -3.74. The van der Waals surface area contributed by atoms with E-state index in [0.29, 0.717) is 31.0 Å². The van der Waals surface area contributed by atoms with Crippen molar-refractivity contribution < 1.29 is 9.53 Å². The molecule has 7 heteroatoms. The van der Waals surface area contributed by atoms with Gasteiger partial charge in [0.15, 0.2) is 0 Å². The van der Waals surface area contributed by atoms with Crippen molar-refractivity contribution in [3.05, 3.63) is 78.5 Å². The minimum atomic E-state index is -0.0533. The molecule has 0 spiro atoms. The van der Waals surface area contributed by atoms with Gasteiger partial charge in [0, 0.05) is 31.8 Å².